The molecule has 78 valence electrons. The molecule has 0 spiro atoms. The summed E-state index contributed by atoms with van der Waals surface area (Å²) in [6, 6.07) is 0. The van der Waals surface area contributed by atoms with E-state index in [0.717, 1.165) is 12.2 Å². The Morgan fingerprint density at radius 1 is 1.00 bits per heavy atom. The molecule has 0 aromatic rings. The Kier molecular flexibility index (Phi) is 5.20. The van der Waals surface area contributed by atoms with Gasteiger partial charge >= 0.3 is 0 Å². The fourth-order valence-electron chi connectivity index (χ4n) is 0.567. The van der Waals surface area contributed by atoms with E-state index in [1.165, 1.54) is 0 Å². The van der Waals surface area contributed by atoms with Gasteiger partial charge in [-0.2, -0.15) is 0 Å². The fourth-order valence-corrected chi connectivity index (χ4v) is 0.567. The van der Waals surface area contributed by atoms with E-state index in [-0.39, 0.29) is 0 Å². The van der Waals surface area contributed by atoms with Gasteiger partial charge in [0.25, 0.3) is 0 Å². The molecule has 0 saturated carbocycles. The van der Waals surface area contributed by atoms with Gasteiger partial charge in [-0.3, -0.25) is 9.59 Å². The number of aliphatic hydroxyl groups is 2. The van der Waals surface area contributed by atoms with Crippen molar-refractivity contribution in [2.75, 3.05) is 0 Å². The van der Waals surface area contributed by atoms with E-state index >= 15 is 0 Å². The molecule has 4 N–H and O–H groups in total. The Morgan fingerprint density at radius 3 is 1.50 bits per heavy atom. The highest BCUT2D eigenvalue weighted by molar-refractivity contribution is 5.88. The van der Waals surface area contributed by atoms with Crippen LogP contribution >= 0.6 is 0 Å². The standard InChI is InChI=1S/C8H12N2O4/c1-3-5(11)9-7(13)8(14)10-6(12)4-2/h3-4,7-8,13-14H,1-2H2,(H,9,11)(H,10,12). The first-order valence-electron chi connectivity index (χ1n) is 3.73. The SMILES string of the molecule is C=CC(=O)NC(O)C(O)NC(=O)C=C. The van der Waals surface area contributed by atoms with Gasteiger partial charge in [0.2, 0.25) is 11.8 Å². The molecule has 0 aliphatic rings. The molecule has 0 heterocycles. The monoisotopic (exact) mass is 200 g/mol. The largest absolute Gasteiger partial charge is 0.369 e. The Morgan fingerprint density at radius 2 is 1.29 bits per heavy atom. The van der Waals surface area contributed by atoms with E-state index in [0.29, 0.717) is 0 Å². The molecule has 0 fully saturated rings. The second kappa shape index (κ2) is 5.90. The summed E-state index contributed by atoms with van der Waals surface area (Å²) in [6.45, 7) is 6.28. The number of carbonyl (C=O) groups is 2. The summed E-state index contributed by atoms with van der Waals surface area (Å²) in [5.74, 6) is -1.33. The van der Waals surface area contributed by atoms with Crippen LogP contribution in [-0.2, 0) is 9.59 Å². The van der Waals surface area contributed by atoms with Crippen molar-refractivity contribution < 1.29 is 19.8 Å². The average Bonchev–Trinajstić information content (AvgIpc) is 2.17. The van der Waals surface area contributed by atoms with E-state index < -0.39 is 24.3 Å². The maximum atomic E-state index is 10.6. The summed E-state index contributed by atoms with van der Waals surface area (Å²) in [6.07, 6.45) is -1.34. The van der Waals surface area contributed by atoms with Crippen molar-refractivity contribution in [2.24, 2.45) is 0 Å². The van der Waals surface area contributed by atoms with Crippen LogP contribution in [0.15, 0.2) is 25.3 Å². The average molecular weight is 200 g/mol. The second-order valence-corrected chi connectivity index (χ2v) is 2.32. The van der Waals surface area contributed by atoms with Crippen LogP contribution in [0.1, 0.15) is 0 Å². The molecule has 0 rings (SSSR count). The number of aliphatic hydroxyl groups excluding tert-OH is 2. The molecule has 2 amide bonds. The Hall–Kier alpha value is -1.66. The number of nitrogens with one attached hydrogen (secondary N) is 2. The maximum Gasteiger partial charge on any atom is 0.245 e. The quantitative estimate of drug-likeness (QED) is 0.312. The van der Waals surface area contributed by atoms with Crippen molar-refractivity contribution in [3.8, 4) is 0 Å². The molecular formula is C8H12N2O4. The highest BCUT2D eigenvalue weighted by atomic mass is 16.4. The van der Waals surface area contributed by atoms with Crippen LogP contribution in [0.3, 0.4) is 0 Å². The Bertz CT molecular complexity index is 226. The topological polar surface area (TPSA) is 98.7 Å². The summed E-state index contributed by atoms with van der Waals surface area (Å²) in [5, 5.41) is 22.1. The maximum absolute atomic E-state index is 10.6. The molecular weight excluding hydrogens is 188 g/mol. The molecule has 0 aromatic heterocycles. The minimum atomic E-state index is -1.59. The number of rotatable bonds is 5. The van der Waals surface area contributed by atoms with Crippen LogP contribution in [0.4, 0.5) is 0 Å². The molecule has 6 nitrogen and oxygen atoms in total. The highest BCUT2D eigenvalue weighted by Gasteiger charge is 2.17. The number of carbonyl (C=O) groups excluding carboxylic acids is 2. The molecule has 0 saturated heterocycles. The van der Waals surface area contributed by atoms with Crippen LogP contribution < -0.4 is 10.6 Å². The van der Waals surface area contributed by atoms with Crippen molar-refractivity contribution in [2.45, 2.75) is 12.5 Å². The first-order valence-corrected chi connectivity index (χ1v) is 3.73. The third-order valence-corrected chi connectivity index (χ3v) is 1.25. The van der Waals surface area contributed by atoms with Gasteiger partial charge in [-0.25, -0.2) is 0 Å². The fraction of sp³-hybridized carbons (Fsp3) is 0.250. The summed E-state index contributed by atoms with van der Waals surface area (Å²) in [7, 11) is 0. The van der Waals surface area contributed by atoms with Crippen LogP contribution in [-0.4, -0.2) is 34.5 Å². The normalized spacial score (nSPS) is 13.6. The van der Waals surface area contributed by atoms with Gasteiger partial charge in [-0.15, -0.1) is 0 Å². The first kappa shape index (κ1) is 12.3. The Labute approximate surface area is 80.9 Å². The lowest BCUT2D eigenvalue weighted by Gasteiger charge is -2.18. The lowest BCUT2D eigenvalue weighted by molar-refractivity contribution is -0.128. The van der Waals surface area contributed by atoms with Gasteiger partial charge in [0.05, 0.1) is 0 Å². The number of hydrogen-bond donors (Lipinski definition) is 4. The zero-order valence-electron chi connectivity index (χ0n) is 7.43. The second-order valence-electron chi connectivity index (χ2n) is 2.32. The lowest BCUT2D eigenvalue weighted by Crippen LogP contribution is -2.51. The molecule has 6 heteroatoms. The first-order chi connectivity index (χ1) is 6.51. The molecule has 0 radical (unpaired) electrons. The van der Waals surface area contributed by atoms with Crippen LogP contribution in [0.5, 0.6) is 0 Å². The molecule has 2 unspecified atom stereocenters. The summed E-state index contributed by atoms with van der Waals surface area (Å²) in [4.78, 5) is 21.3. The predicted octanol–water partition coefficient (Wildman–Crippen LogP) is -1.77. The van der Waals surface area contributed by atoms with Crippen molar-refractivity contribution in [3.05, 3.63) is 25.3 Å². The van der Waals surface area contributed by atoms with Gasteiger partial charge in [0.15, 0.2) is 12.5 Å². The van der Waals surface area contributed by atoms with E-state index in [2.05, 4.69) is 13.2 Å². The number of hydrogen-bond acceptors (Lipinski definition) is 4. The summed E-state index contributed by atoms with van der Waals surface area (Å²) >= 11 is 0. The minimum Gasteiger partial charge on any atom is -0.369 e. The molecule has 14 heavy (non-hydrogen) atoms. The Balaban J connectivity index is 4.04. The predicted molar refractivity (Wildman–Crippen MR) is 48.7 cm³/mol. The van der Waals surface area contributed by atoms with Crippen molar-refractivity contribution in [1.29, 1.82) is 0 Å². The lowest BCUT2D eigenvalue weighted by atomic mass is 10.4. The smallest absolute Gasteiger partial charge is 0.245 e. The van der Waals surface area contributed by atoms with Crippen molar-refractivity contribution >= 4 is 11.8 Å². The molecule has 0 bridgehead atoms. The van der Waals surface area contributed by atoms with Crippen LogP contribution in [0.25, 0.3) is 0 Å². The summed E-state index contributed by atoms with van der Waals surface area (Å²) < 4.78 is 0. The molecule has 0 aliphatic carbocycles. The zero-order chi connectivity index (χ0) is 11.1. The van der Waals surface area contributed by atoms with Gasteiger partial charge < -0.3 is 20.8 Å². The van der Waals surface area contributed by atoms with Gasteiger partial charge in [0.1, 0.15) is 0 Å². The zero-order valence-corrected chi connectivity index (χ0v) is 7.43. The molecule has 0 aromatic carbocycles. The highest BCUT2D eigenvalue weighted by Crippen LogP contribution is 1.86. The van der Waals surface area contributed by atoms with Gasteiger partial charge in [0, 0.05) is 0 Å². The third kappa shape index (κ3) is 4.39. The van der Waals surface area contributed by atoms with Gasteiger partial charge in [-0.05, 0) is 12.2 Å². The molecule has 0 aliphatic heterocycles. The van der Waals surface area contributed by atoms with E-state index in [9.17, 15) is 9.59 Å². The van der Waals surface area contributed by atoms with E-state index in [4.69, 9.17) is 10.2 Å². The van der Waals surface area contributed by atoms with Crippen molar-refractivity contribution in [1.82, 2.24) is 10.6 Å². The van der Waals surface area contributed by atoms with E-state index in [1.54, 1.807) is 0 Å². The van der Waals surface area contributed by atoms with E-state index in [1.807, 2.05) is 10.6 Å². The van der Waals surface area contributed by atoms with Crippen LogP contribution in [0.2, 0.25) is 0 Å². The third-order valence-electron chi connectivity index (χ3n) is 1.25. The minimum absolute atomic E-state index is 0.663. The number of amides is 2. The summed E-state index contributed by atoms with van der Waals surface area (Å²) in [5.41, 5.74) is 0. The molecule has 2 atom stereocenters. The van der Waals surface area contributed by atoms with Gasteiger partial charge in [-0.1, -0.05) is 13.2 Å². The van der Waals surface area contributed by atoms with Crippen LogP contribution in [0, 0.1) is 0 Å². The van der Waals surface area contributed by atoms with Crippen molar-refractivity contribution in [3.63, 3.8) is 0 Å².